The quantitative estimate of drug-likeness (QED) is 0.458. The van der Waals surface area contributed by atoms with Crippen LogP contribution in [0.4, 0.5) is 0 Å². The summed E-state index contributed by atoms with van der Waals surface area (Å²) >= 11 is 0. The highest BCUT2D eigenvalue weighted by atomic mass is 16.5. The molecule has 0 saturated carbocycles. The van der Waals surface area contributed by atoms with Crippen molar-refractivity contribution < 1.29 is 14.3 Å². The number of ether oxygens (including phenoxy) is 1. The van der Waals surface area contributed by atoms with Gasteiger partial charge in [0.15, 0.2) is 0 Å². The Kier molecular flexibility index (Phi) is 4.81. The van der Waals surface area contributed by atoms with E-state index in [-0.39, 0.29) is 5.91 Å². The SMILES string of the molecule is COC(=O)C=CCNC(C)=O. The molecule has 0 rings (SSSR count). The molecule has 1 N–H and O–H groups in total. The molecule has 0 spiro atoms. The minimum Gasteiger partial charge on any atom is -0.466 e. The molecule has 0 saturated heterocycles. The molecule has 4 heteroatoms. The van der Waals surface area contributed by atoms with Crippen LogP contribution in [0, 0.1) is 0 Å². The molecule has 0 aromatic rings. The van der Waals surface area contributed by atoms with Crippen molar-refractivity contribution in [2.75, 3.05) is 13.7 Å². The minimum absolute atomic E-state index is 0.125. The van der Waals surface area contributed by atoms with Crippen molar-refractivity contribution in [3.05, 3.63) is 12.2 Å². The van der Waals surface area contributed by atoms with Gasteiger partial charge in [0, 0.05) is 19.5 Å². The highest BCUT2D eigenvalue weighted by Gasteiger charge is 1.89. The second kappa shape index (κ2) is 5.46. The van der Waals surface area contributed by atoms with Gasteiger partial charge in [-0.1, -0.05) is 6.08 Å². The molecule has 11 heavy (non-hydrogen) atoms. The Morgan fingerprint density at radius 1 is 1.55 bits per heavy atom. The summed E-state index contributed by atoms with van der Waals surface area (Å²) in [5.74, 6) is -0.546. The van der Waals surface area contributed by atoms with Crippen LogP contribution < -0.4 is 5.32 Å². The second-order valence-corrected chi connectivity index (χ2v) is 1.86. The number of carbonyl (C=O) groups excluding carboxylic acids is 2. The van der Waals surface area contributed by atoms with Gasteiger partial charge in [-0.25, -0.2) is 4.79 Å². The average Bonchev–Trinajstić information content (AvgIpc) is 1.97. The first kappa shape index (κ1) is 9.68. The summed E-state index contributed by atoms with van der Waals surface area (Å²) < 4.78 is 4.32. The molecule has 0 radical (unpaired) electrons. The van der Waals surface area contributed by atoms with Crippen molar-refractivity contribution in [1.82, 2.24) is 5.32 Å². The lowest BCUT2D eigenvalue weighted by molar-refractivity contribution is -0.134. The van der Waals surface area contributed by atoms with E-state index in [1.54, 1.807) is 0 Å². The van der Waals surface area contributed by atoms with Gasteiger partial charge in [-0.3, -0.25) is 4.79 Å². The number of rotatable bonds is 3. The van der Waals surface area contributed by atoms with Gasteiger partial charge in [-0.2, -0.15) is 0 Å². The van der Waals surface area contributed by atoms with Crippen molar-refractivity contribution >= 4 is 11.9 Å². The fourth-order valence-corrected chi connectivity index (χ4v) is 0.426. The van der Waals surface area contributed by atoms with Crippen molar-refractivity contribution in [3.63, 3.8) is 0 Å². The Morgan fingerprint density at radius 3 is 2.64 bits per heavy atom. The summed E-state index contributed by atoms with van der Waals surface area (Å²) in [5, 5.41) is 2.49. The molecule has 0 aromatic heterocycles. The maximum Gasteiger partial charge on any atom is 0.330 e. The van der Waals surface area contributed by atoms with Crippen LogP contribution in [0.15, 0.2) is 12.2 Å². The lowest BCUT2D eigenvalue weighted by atomic mass is 10.5. The van der Waals surface area contributed by atoms with Crippen LogP contribution in [-0.4, -0.2) is 25.5 Å². The first-order valence-electron chi connectivity index (χ1n) is 3.15. The first-order chi connectivity index (χ1) is 5.16. The van der Waals surface area contributed by atoms with Gasteiger partial charge in [0.2, 0.25) is 5.91 Å². The van der Waals surface area contributed by atoms with Gasteiger partial charge in [0.1, 0.15) is 0 Å². The fourth-order valence-electron chi connectivity index (χ4n) is 0.426. The van der Waals surface area contributed by atoms with Gasteiger partial charge in [0.05, 0.1) is 7.11 Å². The average molecular weight is 157 g/mol. The van der Waals surface area contributed by atoms with Crippen LogP contribution in [0.25, 0.3) is 0 Å². The van der Waals surface area contributed by atoms with Crippen LogP contribution in [-0.2, 0) is 14.3 Å². The predicted molar refractivity (Wildman–Crippen MR) is 39.8 cm³/mol. The standard InChI is InChI=1S/C7H11NO3/c1-6(9)8-5-3-4-7(10)11-2/h3-4H,5H2,1-2H3,(H,8,9). The molecule has 0 aliphatic heterocycles. The molecule has 0 aliphatic rings. The number of hydrogen-bond donors (Lipinski definition) is 1. The lowest BCUT2D eigenvalue weighted by Gasteiger charge is -1.93. The molecule has 0 unspecified atom stereocenters. The van der Waals surface area contributed by atoms with Gasteiger partial charge in [-0.15, -0.1) is 0 Å². The second-order valence-electron chi connectivity index (χ2n) is 1.86. The van der Waals surface area contributed by atoms with Crippen molar-refractivity contribution in [1.29, 1.82) is 0 Å². The van der Waals surface area contributed by atoms with Gasteiger partial charge in [0.25, 0.3) is 0 Å². The van der Waals surface area contributed by atoms with Crippen LogP contribution >= 0.6 is 0 Å². The third-order valence-electron chi connectivity index (χ3n) is 0.924. The maximum atomic E-state index is 10.4. The van der Waals surface area contributed by atoms with E-state index in [9.17, 15) is 9.59 Å². The largest absolute Gasteiger partial charge is 0.466 e. The number of esters is 1. The Balaban J connectivity index is 3.45. The number of amides is 1. The van der Waals surface area contributed by atoms with E-state index in [2.05, 4.69) is 10.1 Å². The van der Waals surface area contributed by atoms with Gasteiger partial charge >= 0.3 is 5.97 Å². The van der Waals surface area contributed by atoms with E-state index < -0.39 is 5.97 Å². The molecule has 0 aliphatic carbocycles. The number of carbonyl (C=O) groups is 2. The monoisotopic (exact) mass is 157 g/mol. The third kappa shape index (κ3) is 6.57. The van der Waals surface area contributed by atoms with Gasteiger partial charge in [-0.05, 0) is 0 Å². The molecule has 0 aromatic carbocycles. The molecule has 1 amide bonds. The highest BCUT2D eigenvalue weighted by molar-refractivity contribution is 5.81. The van der Waals surface area contributed by atoms with E-state index in [1.807, 2.05) is 0 Å². The molecular weight excluding hydrogens is 146 g/mol. The van der Waals surface area contributed by atoms with Gasteiger partial charge < -0.3 is 10.1 Å². The Morgan fingerprint density at radius 2 is 2.18 bits per heavy atom. The Labute approximate surface area is 65.2 Å². The summed E-state index contributed by atoms with van der Waals surface area (Å²) in [6.07, 6.45) is 2.78. The molecular formula is C7H11NO3. The first-order valence-corrected chi connectivity index (χ1v) is 3.15. The van der Waals surface area contributed by atoms with Crippen molar-refractivity contribution in [2.45, 2.75) is 6.92 Å². The summed E-state index contributed by atoms with van der Waals surface area (Å²) in [5.41, 5.74) is 0. The van der Waals surface area contributed by atoms with E-state index >= 15 is 0 Å². The summed E-state index contributed by atoms with van der Waals surface area (Å²) in [6.45, 7) is 1.76. The fraction of sp³-hybridized carbons (Fsp3) is 0.429. The molecule has 0 heterocycles. The number of hydrogen-bond acceptors (Lipinski definition) is 3. The highest BCUT2D eigenvalue weighted by Crippen LogP contribution is 1.76. The third-order valence-corrected chi connectivity index (χ3v) is 0.924. The topological polar surface area (TPSA) is 55.4 Å². The molecule has 0 bridgehead atoms. The van der Waals surface area contributed by atoms with Crippen molar-refractivity contribution in [3.8, 4) is 0 Å². The van der Waals surface area contributed by atoms with Crippen molar-refractivity contribution in [2.24, 2.45) is 0 Å². The van der Waals surface area contributed by atoms with Crippen LogP contribution in [0.5, 0.6) is 0 Å². The molecule has 4 nitrogen and oxygen atoms in total. The molecule has 62 valence electrons. The summed E-state index contributed by atoms with van der Waals surface area (Å²) in [4.78, 5) is 20.7. The zero-order valence-electron chi connectivity index (χ0n) is 6.59. The van der Waals surface area contributed by atoms with E-state index in [4.69, 9.17) is 0 Å². The Bertz CT molecular complexity index is 175. The number of methoxy groups -OCH3 is 1. The predicted octanol–water partition coefficient (Wildman–Crippen LogP) is -0.148. The van der Waals surface area contributed by atoms with Crippen LogP contribution in [0.2, 0.25) is 0 Å². The lowest BCUT2D eigenvalue weighted by Crippen LogP contribution is -2.19. The zero-order valence-corrected chi connectivity index (χ0v) is 6.59. The minimum atomic E-state index is -0.421. The zero-order chi connectivity index (χ0) is 8.69. The molecule has 0 fully saturated rings. The summed E-state index contributed by atoms with van der Waals surface area (Å²) in [7, 11) is 1.30. The smallest absolute Gasteiger partial charge is 0.330 e. The van der Waals surface area contributed by atoms with E-state index in [0.29, 0.717) is 6.54 Å². The van der Waals surface area contributed by atoms with E-state index in [0.717, 1.165) is 0 Å². The van der Waals surface area contributed by atoms with E-state index in [1.165, 1.54) is 26.2 Å². The Hall–Kier alpha value is -1.32. The molecule has 0 atom stereocenters. The van der Waals surface area contributed by atoms with Crippen LogP contribution in [0.3, 0.4) is 0 Å². The number of nitrogens with one attached hydrogen (secondary N) is 1. The van der Waals surface area contributed by atoms with Crippen LogP contribution in [0.1, 0.15) is 6.92 Å². The maximum absolute atomic E-state index is 10.4. The summed E-state index contributed by atoms with van der Waals surface area (Å²) in [6, 6.07) is 0. The normalized spacial score (nSPS) is 9.64.